The average Bonchev–Trinajstić information content (AvgIpc) is 3.19. The van der Waals surface area contributed by atoms with E-state index < -0.39 is 0 Å². The van der Waals surface area contributed by atoms with Gasteiger partial charge >= 0.3 is 0 Å². The molecule has 1 amide bonds. The fraction of sp³-hybridized carbons (Fsp3) is 0.333. The Morgan fingerprint density at radius 3 is 3.00 bits per heavy atom. The molecule has 1 aliphatic rings. The Hall–Kier alpha value is -1.22. The molecule has 1 saturated carbocycles. The first-order valence-corrected chi connectivity index (χ1v) is 8.83. The van der Waals surface area contributed by atoms with Crippen LogP contribution >= 0.6 is 33.9 Å². The van der Waals surface area contributed by atoms with E-state index in [0.29, 0.717) is 20.5 Å². The van der Waals surface area contributed by atoms with E-state index in [0.717, 1.165) is 18.5 Å². The summed E-state index contributed by atoms with van der Waals surface area (Å²) in [5, 5.41) is 2.59. The third kappa shape index (κ3) is 3.40. The average molecular weight is 432 g/mol. The van der Waals surface area contributed by atoms with Crippen LogP contribution in [0.4, 0.5) is 9.52 Å². The van der Waals surface area contributed by atoms with E-state index in [2.05, 4.69) is 4.98 Å². The van der Waals surface area contributed by atoms with Crippen molar-refractivity contribution in [3.8, 4) is 5.75 Å². The second kappa shape index (κ2) is 6.49. The van der Waals surface area contributed by atoms with Crippen molar-refractivity contribution in [1.29, 1.82) is 0 Å². The lowest BCUT2D eigenvalue weighted by Crippen LogP contribution is -2.30. The van der Waals surface area contributed by atoms with Crippen molar-refractivity contribution in [3.63, 3.8) is 0 Å². The van der Waals surface area contributed by atoms with Crippen molar-refractivity contribution in [3.05, 3.63) is 38.7 Å². The van der Waals surface area contributed by atoms with E-state index in [9.17, 15) is 9.18 Å². The van der Waals surface area contributed by atoms with Crippen molar-refractivity contribution in [2.75, 3.05) is 4.90 Å². The molecular formula is C15H14FIN2O2S. The number of carbonyl (C=O) groups excluding carboxylic acids is 1. The summed E-state index contributed by atoms with van der Waals surface area (Å²) >= 11 is 3.35. The van der Waals surface area contributed by atoms with Gasteiger partial charge in [-0.1, -0.05) is 6.07 Å². The molecule has 2 aromatic rings. The van der Waals surface area contributed by atoms with E-state index >= 15 is 0 Å². The Bertz CT molecular complexity index is 703. The molecule has 1 heterocycles. The lowest BCUT2D eigenvalue weighted by atomic mass is 10.3. The van der Waals surface area contributed by atoms with Crippen molar-refractivity contribution >= 4 is 45.0 Å². The number of halogens is 2. The maximum Gasteiger partial charge on any atom is 0.225 e. The van der Waals surface area contributed by atoms with Gasteiger partial charge in [-0.2, -0.15) is 0 Å². The highest BCUT2D eigenvalue weighted by molar-refractivity contribution is 14.1. The molecule has 0 spiro atoms. The lowest BCUT2D eigenvalue weighted by Gasteiger charge is -2.16. The summed E-state index contributed by atoms with van der Waals surface area (Å²) in [4.78, 5) is 17.9. The Morgan fingerprint density at radius 2 is 2.32 bits per heavy atom. The zero-order chi connectivity index (χ0) is 15.7. The number of carbonyl (C=O) groups is 1. The summed E-state index contributed by atoms with van der Waals surface area (Å²) in [5.41, 5.74) is 0.743. The van der Waals surface area contributed by atoms with Crippen LogP contribution in [0.3, 0.4) is 0 Å². The molecule has 0 aliphatic heterocycles. The predicted octanol–water partition coefficient (Wildman–Crippen LogP) is 3.98. The van der Waals surface area contributed by atoms with Gasteiger partial charge in [0, 0.05) is 18.3 Å². The van der Waals surface area contributed by atoms with Gasteiger partial charge in [0.2, 0.25) is 5.91 Å². The number of hydrogen-bond acceptors (Lipinski definition) is 4. The minimum atomic E-state index is -0.298. The molecule has 0 radical (unpaired) electrons. The zero-order valence-electron chi connectivity index (χ0n) is 11.9. The van der Waals surface area contributed by atoms with Gasteiger partial charge in [-0.25, -0.2) is 9.37 Å². The number of ether oxygens (including phenoxy) is 1. The molecule has 0 bridgehead atoms. The van der Waals surface area contributed by atoms with Crippen LogP contribution in [-0.4, -0.2) is 16.9 Å². The van der Waals surface area contributed by atoms with Crippen LogP contribution in [0.2, 0.25) is 0 Å². The Labute approximate surface area is 145 Å². The molecule has 0 unspecified atom stereocenters. The Morgan fingerprint density at radius 1 is 1.55 bits per heavy atom. The highest BCUT2D eigenvalue weighted by atomic mass is 127. The molecule has 22 heavy (non-hydrogen) atoms. The van der Waals surface area contributed by atoms with Crippen molar-refractivity contribution in [1.82, 2.24) is 4.98 Å². The van der Waals surface area contributed by atoms with Crippen LogP contribution in [0, 0.1) is 9.39 Å². The third-order valence-corrected chi connectivity index (χ3v) is 5.22. The lowest BCUT2D eigenvalue weighted by molar-refractivity contribution is -0.116. The molecule has 1 fully saturated rings. The number of hydrogen-bond donors (Lipinski definition) is 0. The normalized spacial score (nSPS) is 14.0. The second-order valence-electron chi connectivity index (χ2n) is 5.08. The minimum Gasteiger partial charge on any atom is -0.486 e. The van der Waals surface area contributed by atoms with Crippen molar-refractivity contribution < 1.29 is 13.9 Å². The molecule has 3 rings (SSSR count). The first kappa shape index (κ1) is 15.7. The van der Waals surface area contributed by atoms with Crippen LogP contribution in [0.25, 0.3) is 0 Å². The summed E-state index contributed by atoms with van der Waals surface area (Å²) in [6, 6.07) is 5.03. The third-order valence-electron chi connectivity index (χ3n) is 3.29. The second-order valence-corrected chi connectivity index (χ2v) is 7.00. The minimum absolute atomic E-state index is 0.0176. The zero-order valence-corrected chi connectivity index (χ0v) is 14.9. The van der Waals surface area contributed by atoms with E-state index in [1.54, 1.807) is 24.0 Å². The largest absolute Gasteiger partial charge is 0.486 e. The first-order chi connectivity index (χ1) is 10.6. The van der Waals surface area contributed by atoms with E-state index in [1.807, 2.05) is 28.0 Å². The standard InChI is InChI=1S/C15H14FIN2O2S/c1-9(20)19(11-5-6-11)15-18-10(8-22-15)7-21-13-4-2-3-12(16)14(13)17/h2-4,8,11H,5-7H2,1H3. The van der Waals surface area contributed by atoms with Gasteiger partial charge in [0.05, 0.1) is 9.26 Å². The number of benzene rings is 1. The van der Waals surface area contributed by atoms with Crippen molar-refractivity contribution in [2.45, 2.75) is 32.4 Å². The molecule has 0 atom stereocenters. The summed E-state index contributed by atoms with van der Waals surface area (Å²) in [5.74, 6) is 0.221. The van der Waals surface area contributed by atoms with Gasteiger partial charge in [-0.3, -0.25) is 9.69 Å². The fourth-order valence-corrected chi connectivity index (χ4v) is 3.54. The molecule has 1 aromatic carbocycles. The van der Waals surface area contributed by atoms with Gasteiger partial charge in [0.15, 0.2) is 5.13 Å². The smallest absolute Gasteiger partial charge is 0.225 e. The van der Waals surface area contributed by atoms with Gasteiger partial charge in [0.1, 0.15) is 18.2 Å². The quantitative estimate of drug-likeness (QED) is 0.672. The number of anilines is 1. The molecule has 1 aliphatic carbocycles. The Kier molecular flexibility index (Phi) is 4.62. The molecule has 1 aromatic heterocycles. The molecule has 7 heteroatoms. The van der Waals surface area contributed by atoms with Gasteiger partial charge in [-0.15, -0.1) is 11.3 Å². The molecule has 0 N–H and O–H groups in total. The maximum absolute atomic E-state index is 13.5. The summed E-state index contributed by atoms with van der Waals surface area (Å²) in [7, 11) is 0. The van der Waals surface area contributed by atoms with Crippen LogP contribution in [0.15, 0.2) is 23.6 Å². The number of nitrogens with zero attached hydrogens (tertiary/aromatic N) is 2. The summed E-state index contributed by atoms with van der Waals surface area (Å²) in [6.07, 6.45) is 2.07. The van der Waals surface area contributed by atoms with E-state index in [4.69, 9.17) is 4.74 Å². The van der Waals surface area contributed by atoms with Gasteiger partial charge in [0.25, 0.3) is 0 Å². The van der Waals surface area contributed by atoms with Crippen LogP contribution in [-0.2, 0) is 11.4 Å². The monoisotopic (exact) mass is 432 g/mol. The molecular weight excluding hydrogens is 418 g/mol. The van der Waals surface area contributed by atoms with Crippen LogP contribution < -0.4 is 9.64 Å². The van der Waals surface area contributed by atoms with Gasteiger partial charge < -0.3 is 4.74 Å². The Balaban J connectivity index is 1.69. The summed E-state index contributed by atoms with van der Waals surface area (Å²) in [6.45, 7) is 1.82. The summed E-state index contributed by atoms with van der Waals surface area (Å²) < 4.78 is 19.5. The van der Waals surface area contributed by atoms with Gasteiger partial charge in [-0.05, 0) is 47.6 Å². The fourth-order valence-electron chi connectivity index (χ4n) is 2.10. The maximum atomic E-state index is 13.5. The molecule has 0 saturated heterocycles. The predicted molar refractivity (Wildman–Crippen MR) is 91.7 cm³/mol. The number of rotatable bonds is 5. The highest BCUT2D eigenvalue weighted by Gasteiger charge is 2.33. The highest BCUT2D eigenvalue weighted by Crippen LogP contribution is 2.34. The number of aromatic nitrogens is 1. The molecule has 116 valence electrons. The molecule has 4 nitrogen and oxygen atoms in total. The van der Waals surface area contributed by atoms with Crippen molar-refractivity contribution in [2.24, 2.45) is 0 Å². The first-order valence-electron chi connectivity index (χ1n) is 6.87. The van der Waals surface area contributed by atoms with Crippen LogP contribution in [0.1, 0.15) is 25.5 Å². The van der Waals surface area contributed by atoms with E-state index in [-0.39, 0.29) is 18.3 Å². The van der Waals surface area contributed by atoms with E-state index in [1.165, 1.54) is 17.4 Å². The van der Waals surface area contributed by atoms with Crippen LogP contribution in [0.5, 0.6) is 5.75 Å². The number of amides is 1. The SMILES string of the molecule is CC(=O)N(c1nc(COc2cccc(F)c2I)cs1)C1CC1. The number of thiazole rings is 1. The topological polar surface area (TPSA) is 42.4 Å².